The molecule has 0 aliphatic rings. The Morgan fingerprint density at radius 3 is 2.85 bits per heavy atom. The fourth-order valence-electron chi connectivity index (χ4n) is 2.35. The maximum atomic E-state index is 12.1. The van der Waals surface area contributed by atoms with E-state index in [1.165, 1.54) is 40.5 Å². The summed E-state index contributed by atoms with van der Waals surface area (Å²) in [6.07, 6.45) is 1.79. The van der Waals surface area contributed by atoms with Crippen LogP contribution < -0.4 is 10.9 Å². The number of carbonyl (C=O) groups excluding carboxylic acids is 1. The minimum absolute atomic E-state index is 0.0898. The smallest absolute Gasteiger partial charge is 0.258 e. The van der Waals surface area contributed by atoms with Gasteiger partial charge in [-0.25, -0.2) is 4.98 Å². The third kappa shape index (κ3) is 4.07. The molecule has 136 valence electrons. The van der Waals surface area contributed by atoms with Gasteiger partial charge in [-0.05, 0) is 19.1 Å². The summed E-state index contributed by atoms with van der Waals surface area (Å²) in [5.74, 6) is 0.278. The van der Waals surface area contributed by atoms with Crippen molar-refractivity contribution >= 4 is 50.4 Å². The largest absolute Gasteiger partial charge is 0.296 e. The maximum absolute atomic E-state index is 12.1. The molecule has 7 nitrogen and oxygen atoms in total. The zero-order valence-electron chi connectivity index (χ0n) is 14.1. The average Bonchev–Trinajstić information content (AvgIpc) is 3.26. The van der Waals surface area contributed by atoms with Crippen LogP contribution in [0.25, 0.3) is 4.96 Å². The van der Waals surface area contributed by atoms with Crippen LogP contribution >= 0.6 is 34.4 Å². The molecule has 10 heteroatoms. The van der Waals surface area contributed by atoms with Crippen molar-refractivity contribution in [3.63, 3.8) is 0 Å². The predicted molar refractivity (Wildman–Crippen MR) is 108 cm³/mol. The summed E-state index contributed by atoms with van der Waals surface area (Å²) in [6, 6.07) is 10.5. The van der Waals surface area contributed by atoms with Crippen LogP contribution in [0.4, 0.5) is 5.13 Å². The first-order valence-corrected chi connectivity index (χ1v) is 10.5. The van der Waals surface area contributed by atoms with Crippen molar-refractivity contribution in [2.75, 3.05) is 5.32 Å². The molecule has 0 fully saturated rings. The van der Waals surface area contributed by atoms with E-state index in [1.54, 1.807) is 34.9 Å². The van der Waals surface area contributed by atoms with Gasteiger partial charge in [-0.3, -0.25) is 19.3 Å². The lowest BCUT2D eigenvalue weighted by Gasteiger charge is -2.00. The highest BCUT2D eigenvalue weighted by atomic mass is 32.2. The Hall–Kier alpha value is -2.56. The molecule has 0 unspecified atom stereocenters. The summed E-state index contributed by atoms with van der Waals surface area (Å²) in [5.41, 5.74) is 1.16. The molecular weight excluding hydrogens is 402 g/mol. The SMILES string of the molecule is Cc1cn2c(=O)cc(CSc3nnc(NC(=O)c4ccccc4)s3)nc2s1. The van der Waals surface area contributed by atoms with Gasteiger partial charge in [0, 0.05) is 28.5 Å². The van der Waals surface area contributed by atoms with Gasteiger partial charge < -0.3 is 0 Å². The maximum Gasteiger partial charge on any atom is 0.258 e. The van der Waals surface area contributed by atoms with Gasteiger partial charge in [0.05, 0.1) is 5.69 Å². The first-order valence-electron chi connectivity index (χ1n) is 7.90. The van der Waals surface area contributed by atoms with Crippen molar-refractivity contribution in [1.29, 1.82) is 0 Å². The second-order valence-corrected chi connectivity index (χ2v) is 8.98. The first kappa shape index (κ1) is 17.8. The highest BCUT2D eigenvalue weighted by molar-refractivity contribution is 8.00. The van der Waals surface area contributed by atoms with Crippen molar-refractivity contribution in [3.8, 4) is 0 Å². The molecular formula is C17H13N5O2S3. The summed E-state index contributed by atoms with van der Waals surface area (Å²) in [6.45, 7) is 1.94. The molecule has 0 aliphatic heterocycles. The number of thioether (sulfide) groups is 1. The Bertz CT molecular complexity index is 1170. The number of fused-ring (bicyclic) bond motifs is 1. The van der Waals surface area contributed by atoms with E-state index >= 15 is 0 Å². The molecule has 27 heavy (non-hydrogen) atoms. The fraction of sp³-hybridized carbons (Fsp3) is 0.118. The number of hydrogen-bond donors (Lipinski definition) is 1. The molecule has 4 rings (SSSR count). The van der Waals surface area contributed by atoms with Crippen LogP contribution in [0.1, 0.15) is 20.9 Å². The molecule has 4 aromatic rings. The van der Waals surface area contributed by atoms with E-state index in [1.807, 2.05) is 13.0 Å². The third-order valence-electron chi connectivity index (χ3n) is 3.54. The van der Waals surface area contributed by atoms with E-state index in [9.17, 15) is 9.59 Å². The summed E-state index contributed by atoms with van der Waals surface area (Å²) in [7, 11) is 0. The summed E-state index contributed by atoms with van der Waals surface area (Å²) in [4.78, 5) is 30.5. The fourth-order valence-corrected chi connectivity index (χ4v) is 4.83. The zero-order valence-corrected chi connectivity index (χ0v) is 16.5. The van der Waals surface area contributed by atoms with E-state index in [0.717, 1.165) is 4.88 Å². The average molecular weight is 416 g/mol. The number of hydrogen-bond acceptors (Lipinski definition) is 8. The molecule has 0 bridgehead atoms. The molecule has 0 aliphatic carbocycles. The lowest BCUT2D eigenvalue weighted by Crippen LogP contribution is -2.12. The van der Waals surface area contributed by atoms with E-state index in [2.05, 4.69) is 20.5 Å². The monoisotopic (exact) mass is 415 g/mol. The van der Waals surface area contributed by atoms with Gasteiger partial charge in [0.1, 0.15) is 0 Å². The molecule has 1 aromatic carbocycles. The van der Waals surface area contributed by atoms with Gasteiger partial charge in [0.25, 0.3) is 11.5 Å². The van der Waals surface area contributed by atoms with Gasteiger partial charge in [0.2, 0.25) is 5.13 Å². The highest BCUT2D eigenvalue weighted by Crippen LogP contribution is 2.28. The van der Waals surface area contributed by atoms with Crippen LogP contribution in [-0.4, -0.2) is 25.5 Å². The Balaban J connectivity index is 1.42. The van der Waals surface area contributed by atoms with E-state index < -0.39 is 0 Å². The number of nitrogens with one attached hydrogen (secondary N) is 1. The van der Waals surface area contributed by atoms with E-state index in [4.69, 9.17) is 0 Å². The van der Waals surface area contributed by atoms with Crippen molar-refractivity contribution in [2.24, 2.45) is 0 Å². The molecule has 1 N–H and O–H groups in total. The van der Waals surface area contributed by atoms with Gasteiger partial charge in [-0.1, -0.05) is 41.3 Å². The minimum Gasteiger partial charge on any atom is -0.296 e. The number of anilines is 1. The Kier molecular flexibility index (Phi) is 5.01. The molecule has 0 spiro atoms. The third-order valence-corrected chi connectivity index (χ3v) is 6.45. The minimum atomic E-state index is -0.225. The zero-order chi connectivity index (χ0) is 18.8. The van der Waals surface area contributed by atoms with Crippen LogP contribution in [0, 0.1) is 6.92 Å². The number of rotatable bonds is 5. The standard InChI is InChI=1S/C17H13N5O2S3/c1-10-8-22-13(23)7-12(18-16(22)26-10)9-25-17-21-20-15(27-17)19-14(24)11-5-3-2-4-6-11/h2-8H,9H2,1H3,(H,19,20,24). The summed E-state index contributed by atoms with van der Waals surface area (Å²) >= 11 is 4.20. The lowest BCUT2D eigenvalue weighted by molar-refractivity contribution is 0.102. The van der Waals surface area contributed by atoms with Crippen molar-refractivity contribution < 1.29 is 4.79 Å². The summed E-state index contributed by atoms with van der Waals surface area (Å²) < 4.78 is 2.25. The number of thiazole rings is 1. The quantitative estimate of drug-likeness (QED) is 0.397. The Morgan fingerprint density at radius 1 is 1.22 bits per heavy atom. The van der Waals surface area contributed by atoms with Gasteiger partial charge >= 0.3 is 0 Å². The van der Waals surface area contributed by atoms with Gasteiger partial charge in [-0.2, -0.15) is 0 Å². The number of nitrogens with zero attached hydrogens (tertiary/aromatic N) is 4. The highest BCUT2D eigenvalue weighted by Gasteiger charge is 2.11. The van der Waals surface area contributed by atoms with Crippen LogP contribution in [0.3, 0.4) is 0 Å². The molecule has 0 atom stereocenters. The van der Waals surface area contributed by atoms with E-state index in [-0.39, 0.29) is 11.5 Å². The number of amides is 1. The Morgan fingerprint density at radius 2 is 2.04 bits per heavy atom. The number of carbonyl (C=O) groups is 1. The second-order valence-electron chi connectivity index (χ2n) is 5.56. The first-order chi connectivity index (χ1) is 13.1. The molecule has 3 heterocycles. The van der Waals surface area contributed by atoms with Crippen molar-refractivity contribution in [3.05, 3.63) is 69.1 Å². The summed E-state index contributed by atoms with van der Waals surface area (Å²) in [5, 5.41) is 11.2. The Labute approximate surface area is 166 Å². The van der Waals surface area contributed by atoms with Crippen molar-refractivity contribution in [1.82, 2.24) is 19.6 Å². The lowest BCUT2D eigenvalue weighted by atomic mass is 10.2. The van der Waals surface area contributed by atoms with Crippen molar-refractivity contribution in [2.45, 2.75) is 17.0 Å². The van der Waals surface area contributed by atoms with Gasteiger partial charge in [-0.15, -0.1) is 21.5 Å². The molecule has 0 saturated carbocycles. The molecule has 0 radical (unpaired) electrons. The topological polar surface area (TPSA) is 89.3 Å². The molecule has 1 amide bonds. The van der Waals surface area contributed by atoms with E-state index in [0.29, 0.717) is 31.4 Å². The second kappa shape index (κ2) is 7.59. The molecule has 0 saturated heterocycles. The number of aryl methyl sites for hydroxylation is 1. The van der Waals surface area contributed by atoms with Crippen LogP contribution in [-0.2, 0) is 5.75 Å². The van der Waals surface area contributed by atoms with Gasteiger partial charge in [0.15, 0.2) is 9.30 Å². The van der Waals surface area contributed by atoms with Crippen LogP contribution in [0.2, 0.25) is 0 Å². The molecule has 3 aromatic heterocycles. The van der Waals surface area contributed by atoms with Crippen LogP contribution in [0.15, 0.2) is 51.7 Å². The van der Waals surface area contributed by atoms with Crippen LogP contribution in [0.5, 0.6) is 0 Å². The number of benzene rings is 1. The predicted octanol–water partition coefficient (Wildman–Crippen LogP) is 3.46. The normalized spacial score (nSPS) is 11.0. The number of aromatic nitrogens is 4.